The summed E-state index contributed by atoms with van der Waals surface area (Å²) in [7, 11) is 0. The molecule has 33 heavy (non-hydrogen) atoms. The Morgan fingerprint density at radius 1 is 1.24 bits per heavy atom. The third kappa shape index (κ3) is 4.77. The third-order valence-corrected chi connectivity index (χ3v) is 5.83. The van der Waals surface area contributed by atoms with E-state index in [0.29, 0.717) is 36.3 Å². The average Bonchev–Trinajstić information content (AvgIpc) is 3.22. The second kappa shape index (κ2) is 9.25. The van der Waals surface area contributed by atoms with Gasteiger partial charge in [0.05, 0.1) is 6.57 Å². The number of benzene rings is 2. The molecule has 2 N–H and O–H groups in total. The van der Waals surface area contributed by atoms with Crippen molar-refractivity contribution in [2.24, 2.45) is 0 Å². The number of halogens is 1. The Bertz CT molecular complexity index is 1310. The Balaban J connectivity index is 1.48. The minimum Gasteiger partial charge on any atom is -0.361 e. The number of carbonyl (C=O) groups is 1. The highest BCUT2D eigenvalue weighted by Crippen LogP contribution is 2.24. The monoisotopic (exact) mass is 445 g/mol. The molecule has 2 aromatic carbocycles. The maximum atomic E-state index is 13.6. The first-order valence-electron chi connectivity index (χ1n) is 10.7. The SMILES string of the molecule is [C-]#[N+]c1ccc(CNC(=O)[C@@H]2CCc3cnc(NCc4cc(C)cc(F)c4)c(=O)n32)c(C)c1. The number of aromatic nitrogens is 2. The highest BCUT2D eigenvalue weighted by Gasteiger charge is 2.30. The number of hydrogen-bond donors (Lipinski definition) is 2. The smallest absolute Gasteiger partial charge is 0.294 e. The molecule has 0 radical (unpaired) electrons. The van der Waals surface area contributed by atoms with Crippen molar-refractivity contribution in [2.75, 3.05) is 5.32 Å². The standard InChI is InChI=1S/C25H24FN5O2/c1-15-8-17(11-19(26)9-15)12-28-23-25(33)31-21(14-29-23)6-7-22(31)24(32)30-13-18-4-5-20(27-3)10-16(18)2/h4-5,8-11,14,22H,6-7,12-13H2,1-2H3,(H,28,29)(H,30,32)/t22-/m0/s1. The topological polar surface area (TPSA) is 80.4 Å². The fourth-order valence-electron chi connectivity index (χ4n) is 4.16. The lowest BCUT2D eigenvalue weighted by molar-refractivity contribution is -0.124. The molecule has 4 rings (SSSR count). The van der Waals surface area contributed by atoms with Gasteiger partial charge in [0.2, 0.25) is 5.91 Å². The van der Waals surface area contributed by atoms with E-state index >= 15 is 0 Å². The predicted molar refractivity (Wildman–Crippen MR) is 124 cm³/mol. The number of nitrogens with one attached hydrogen (secondary N) is 2. The van der Waals surface area contributed by atoms with Gasteiger partial charge >= 0.3 is 0 Å². The number of fused-ring (bicyclic) bond motifs is 1. The molecule has 2 heterocycles. The van der Waals surface area contributed by atoms with Crippen LogP contribution in [0.5, 0.6) is 0 Å². The quantitative estimate of drug-likeness (QED) is 0.563. The van der Waals surface area contributed by atoms with Crippen LogP contribution < -0.4 is 16.2 Å². The number of rotatable bonds is 6. The lowest BCUT2D eigenvalue weighted by atomic mass is 10.1. The molecule has 0 saturated heterocycles. The molecule has 8 heteroatoms. The van der Waals surface area contributed by atoms with Gasteiger partial charge in [0.1, 0.15) is 11.9 Å². The van der Waals surface area contributed by atoms with E-state index in [-0.39, 0.29) is 29.6 Å². The van der Waals surface area contributed by atoms with Crippen LogP contribution in [-0.4, -0.2) is 15.5 Å². The molecular formula is C25H24FN5O2. The third-order valence-electron chi connectivity index (χ3n) is 5.83. The first-order chi connectivity index (χ1) is 15.9. The summed E-state index contributed by atoms with van der Waals surface area (Å²) in [5.74, 6) is -0.436. The van der Waals surface area contributed by atoms with E-state index < -0.39 is 6.04 Å². The van der Waals surface area contributed by atoms with E-state index in [1.54, 1.807) is 25.3 Å². The summed E-state index contributed by atoms with van der Waals surface area (Å²) in [6, 6.07) is 9.41. The summed E-state index contributed by atoms with van der Waals surface area (Å²) in [4.78, 5) is 33.7. The van der Waals surface area contributed by atoms with Crippen molar-refractivity contribution < 1.29 is 9.18 Å². The van der Waals surface area contributed by atoms with Gasteiger partial charge < -0.3 is 10.6 Å². The molecule has 0 bridgehead atoms. The second-order valence-corrected chi connectivity index (χ2v) is 8.26. The van der Waals surface area contributed by atoms with Crippen molar-refractivity contribution in [1.29, 1.82) is 0 Å². The zero-order chi connectivity index (χ0) is 23.5. The van der Waals surface area contributed by atoms with Gasteiger partial charge in [-0.1, -0.05) is 29.8 Å². The molecule has 0 spiro atoms. The van der Waals surface area contributed by atoms with Crippen molar-refractivity contribution >= 4 is 17.4 Å². The molecule has 0 unspecified atom stereocenters. The van der Waals surface area contributed by atoms with E-state index in [9.17, 15) is 14.0 Å². The number of amides is 1. The Labute approximate surface area is 191 Å². The van der Waals surface area contributed by atoms with Gasteiger partial charge in [-0.2, -0.15) is 0 Å². The van der Waals surface area contributed by atoms with E-state index in [1.807, 2.05) is 19.1 Å². The Morgan fingerprint density at radius 2 is 2.06 bits per heavy atom. The van der Waals surface area contributed by atoms with Crippen LogP contribution in [0, 0.1) is 26.2 Å². The molecule has 0 aliphatic carbocycles. The van der Waals surface area contributed by atoms with Gasteiger partial charge in [0, 0.05) is 25.0 Å². The van der Waals surface area contributed by atoms with Crippen LogP contribution in [0.15, 0.2) is 47.4 Å². The second-order valence-electron chi connectivity index (χ2n) is 8.26. The summed E-state index contributed by atoms with van der Waals surface area (Å²) in [5.41, 5.74) is 4.25. The molecule has 1 aliphatic heterocycles. The summed E-state index contributed by atoms with van der Waals surface area (Å²) >= 11 is 0. The molecule has 7 nitrogen and oxygen atoms in total. The molecule has 0 saturated carbocycles. The molecule has 0 fully saturated rings. The summed E-state index contributed by atoms with van der Waals surface area (Å²) in [5, 5.41) is 5.90. The van der Waals surface area contributed by atoms with Crippen LogP contribution in [0.3, 0.4) is 0 Å². The normalized spacial score (nSPS) is 14.4. The van der Waals surface area contributed by atoms with Gasteiger partial charge in [-0.05, 0) is 55.5 Å². The maximum absolute atomic E-state index is 13.6. The Kier molecular flexibility index (Phi) is 6.22. The van der Waals surface area contributed by atoms with Crippen LogP contribution >= 0.6 is 0 Å². The minimum atomic E-state index is -0.615. The molecule has 1 aliphatic rings. The van der Waals surface area contributed by atoms with Gasteiger partial charge in [-0.25, -0.2) is 14.2 Å². The van der Waals surface area contributed by atoms with Crippen LogP contribution in [0.2, 0.25) is 0 Å². The van der Waals surface area contributed by atoms with Crippen LogP contribution in [0.1, 0.15) is 40.4 Å². The highest BCUT2D eigenvalue weighted by molar-refractivity contribution is 5.81. The summed E-state index contributed by atoms with van der Waals surface area (Å²) in [6.45, 7) is 11.4. The Hall–Kier alpha value is -3.99. The first kappa shape index (κ1) is 22.2. The molecule has 3 aromatic rings. The fraction of sp³-hybridized carbons (Fsp3) is 0.280. The summed E-state index contributed by atoms with van der Waals surface area (Å²) in [6.07, 6.45) is 2.72. The summed E-state index contributed by atoms with van der Waals surface area (Å²) < 4.78 is 15.1. The number of carbonyl (C=O) groups excluding carboxylic acids is 1. The number of nitrogens with zero attached hydrogens (tertiary/aromatic N) is 3. The van der Waals surface area contributed by atoms with Gasteiger partial charge in [-0.3, -0.25) is 14.2 Å². The average molecular weight is 445 g/mol. The van der Waals surface area contributed by atoms with Crippen LogP contribution in [0.25, 0.3) is 4.85 Å². The fourth-order valence-corrected chi connectivity index (χ4v) is 4.16. The van der Waals surface area contributed by atoms with Crippen LogP contribution in [-0.2, 0) is 24.3 Å². The van der Waals surface area contributed by atoms with Gasteiger partial charge in [0.15, 0.2) is 11.5 Å². The van der Waals surface area contributed by atoms with E-state index in [0.717, 1.165) is 16.7 Å². The molecule has 168 valence electrons. The van der Waals surface area contributed by atoms with Crippen molar-refractivity contribution in [3.8, 4) is 0 Å². The molecule has 1 amide bonds. The van der Waals surface area contributed by atoms with E-state index in [2.05, 4.69) is 20.5 Å². The van der Waals surface area contributed by atoms with Gasteiger partial charge in [0.25, 0.3) is 5.56 Å². The number of anilines is 1. The largest absolute Gasteiger partial charge is 0.361 e. The predicted octanol–water partition coefficient (Wildman–Crippen LogP) is 3.97. The van der Waals surface area contributed by atoms with Gasteiger partial charge in [-0.15, -0.1) is 0 Å². The number of aryl methyl sites for hydroxylation is 3. The molecule has 1 atom stereocenters. The number of hydrogen-bond acceptors (Lipinski definition) is 4. The lowest BCUT2D eigenvalue weighted by Crippen LogP contribution is -2.36. The van der Waals surface area contributed by atoms with Crippen LogP contribution in [0.4, 0.5) is 15.9 Å². The highest BCUT2D eigenvalue weighted by atomic mass is 19.1. The van der Waals surface area contributed by atoms with Crippen molar-refractivity contribution in [3.05, 3.63) is 98.1 Å². The van der Waals surface area contributed by atoms with Crippen molar-refractivity contribution in [2.45, 2.75) is 45.8 Å². The molecule has 1 aromatic heterocycles. The maximum Gasteiger partial charge on any atom is 0.294 e. The first-order valence-corrected chi connectivity index (χ1v) is 10.7. The van der Waals surface area contributed by atoms with E-state index in [1.165, 1.54) is 16.7 Å². The van der Waals surface area contributed by atoms with Crippen molar-refractivity contribution in [3.63, 3.8) is 0 Å². The zero-order valence-electron chi connectivity index (χ0n) is 18.5. The van der Waals surface area contributed by atoms with Crippen molar-refractivity contribution in [1.82, 2.24) is 14.9 Å². The molecular weight excluding hydrogens is 421 g/mol. The lowest BCUT2D eigenvalue weighted by Gasteiger charge is -2.16. The minimum absolute atomic E-state index is 0.131. The zero-order valence-corrected chi connectivity index (χ0v) is 18.5. The Morgan fingerprint density at radius 3 is 2.79 bits per heavy atom. The van der Waals surface area contributed by atoms with E-state index in [4.69, 9.17) is 6.57 Å².